The highest BCUT2D eigenvalue weighted by molar-refractivity contribution is 5.75. The second-order valence-corrected chi connectivity index (χ2v) is 4.71. The van der Waals surface area contributed by atoms with Crippen molar-refractivity contribution in [2.45, 2.75) is 26.3 Å². The number of carbonyl (C=O) groups excluding carboxylic acids is 1. The molecule has 1 aromatic carbocycles. The molecule has 0 spiro atoms. The maximum absolute atomic E-state index is 11.5. The zero-order valence-corrected chi connectivity index (χ0v) is 12.5. The van der Waals surface area contributed by atoms with E-state index in [0.29, 0.717) is 31.9 Å². The first-order valence-corrected chi connectivity index (χ1v) is 6.87. The molecule has 0 saturated heterocycles. The predicted molar refractivity (Wildman–Crippen MR) is 78.9 cm³/mol. The first-order chi connectivity index (χ1) is 9.58. The van der Waals surface area contributed by atoms with Gasteiger partial charge in [-0.1, -0.05) is 13.0 Å². The first-order valence-electron chi connectivity index (χ1n) is 6.87. The molecule has 112 valence electrons. The third-order valence-electron chi connectivity index (χ3n) is 2.80. The van der Waals surface area contributed by atoms with E-state index in [1.165, 1.54) is 0 Å². The maximum atomic E-state index is 11.5. The molecular weight excluding hydrogens is 256 g/mol. The van der Waals surface area contributed by atoms with Gasteiger partial charge >= 0.3 is 0 Å². The van der Waals surface area contributed by atoms with E-state index in [1.807, 2.05) is 18.2 Å². The van der Waals surface area contributed by atoms with Crippen molar-refractivity contribution in [1.82, 2.24) is 4.90 Å². The summed E-state index contributed by atoms with van der Waals surface area (Å²) < 4.78 is 11.2. The van der Waals surface area contributed by atoms with Gasteiger partial charge in [0.2, 0.25) is 5.91 Å². The van der Waals surface area contributed by atoms with Crippen LogP contribution in [-0.4, -0.2) is 38.1 Å². The Hall–Kier alpha value is -1.75. The summed E-state index contributed by atoms with van der Waals surface area (Å²) in [5.74, 6) is 1.49. The lowest BCUT2D eigenvalue weighted by Gasteiger charge is -2.14. The summed E-state index contributed by atoms with van der Waals surface area (Å²) in [6.07, 6.45) is 1.29. The van der Waals surface area contributed by atoms with Crippen LogP contribution in [0.5, 0.6) is 11.5 Å². The van der Waals surface area contributed by atoms with Crippen molar-refractivity contribution in [1.29, 1.82) is 0 Å². The van der Waals surface area contributed by atoms with Crippen LogP contribution in [0, 0.1) is 0 Å². The Morgan fingerprint density at radius 3 is 2.60 bits per heavy atom. The van der Waals surface area contributed by atoms with Gasteiger partial charge in [-0.15, -0.1) is 0 Å². The Kier molecular flexibility index (Phi) is 6.87. The van der Waals surface area contributed by atoms with Crippen LogP contribution in [0.25, 0.3) is 0 Å². The molecule has 5 nitrogen and oxygen atoms in total. The van der Waals surface area contributed by atoms with Crippen molar-refractivity contribution < 1.29 is 14.3 Å². The number of hydrogen-bond donors (Lipinski definition) is 1. The van der Waals surface area contributed by atoms with Crippen LogP contribution in [0.1, 0.15) is 25.3 Å². The monoisotopic (exact) mass is 280 g/mol. The molecular formula is C15H24N2O3. The van der Waals surface area contributed by atoms with Crippen molar-refractivity contribution in [3.63, 3.8) is 0 Å². The largest absolute Gasteiger partial charge is 0.493 e. The number of nitrogens with zero attached hydrogens (tertiary/aromatic N) is 1. The molecule has 0 unspecified atom stereocenters. The summed E-state index contributed by atoms with van der Waals surface area (Å²) >= 11 is 0. The van der Waals surface area contributed by atoms with Crippen molar-refractivity contribution in [2.24, 2.45) is 5.73 Å². The summed E-state index contributed by atoms with van der Waals surface area (Å²) in [4.78, 5) is 13.0. The molecule has 0 atom stereocenters. The number of ether oxygens (including phenoxy) is 2. The number of rotatable bonds is 8. The van der Waals surface area contributed by atoms with Gasteiger partial charge in [-0.25, -0.2) is 0 Å². The van der Waals surface area contributed by atoms with Gasteiger partial charge in [-0.05, 0) is 12.5 Å². The maximum Gasteiger partial charge on any atom is 0.225 e. The molecule has 0 saturated carbocycles. The lowest BCUT2D eigenvalue weighted by molar-refractivity contribution is -0.129. The van der Waals surface area contributed by atoms with Gasteiger partial charge in [0.1, 0.15) is 11.5 Å². The Morgan fingerprint density at radius 2 is 2.00 bits per heavy atom. The summed E-state index contributed by atoms with van der Waals surface area (Å²) in [5.41, 5.74) is 6.59. The standard InChI is InChI=1S/C15H24N2O3/c1-4-8-19-13-6-5-12(11-16)14(10-13)20-9-7-15(18)17(2)3/h5-6,10H,4,7-9,11,16H2,1-3H3. The van der Waals surface area contributed by atoms with E-state index >= 15 is 0 Å². The normalized spacial score (nSPS) is 10.2. The lowest BCUT2D eigenvalue weighted by Crippen LogP contribution is -2.23. The van der Waals surface area contributed by atoms with Crippen LogP contribution in [0.15, 0.2) is 18.2 Å². The highest BCUT2D eigenvalue weighted by atomic mass is 16.5. The SMILES string of the molecule is CCCOc1ccc(CN)c(OCCC(=O)N(C)C)c1. The lowest BCUT2D eigenvalue weighted by atomic mass is 10.2. The summed E-state index contributed by atoms with van der Waals surface area (Å²) in [6.45, 7) is 3.45. The molecule has 20 heavy (non-hydrogen) atoms. The summed E-state index contributed by atoms with van der Waals surface area (Å²) in [5, 5.41) is 0. The number of nitrogens with two attached hydrogens (primary N) is 1. The van der Waals surface area contributed by atoms with Crippen LogP contribution in [0.3, 0.4) is 0 Å². The molecule has 5 heteroatoms. The molecule has 1 rings (SSSR count). The van der Waals surface area contributed by atoms with Gasteiger partial charge in [0.05, 0.1) is 19.6 Å². The third kappa shape index (κ3) is 5.09. The van der Waals surface area contributed by atoms with Gasteiger partial charge < -0.3 is 20.1 Å². The average Bonchev–Trinajstić information content (AvgIpc) is 2.45. The van der Waals surface area contributed by atoms with E-state index in [0.717, 1.165) is 17.7 Å². The van der Waals surface area contributed by atoms with E-state index in [-0.39, 0.29) is 5.91 Å². The molecule has 0 aliphatic heterocycles. The van der Waals surface area contributed by atoms with Crippen LogP contribution in [0.2, 0.25) is 0 Å². The van der Waals surface area contributed by atoms with E-state index in [9.17, 15) is 4.79 Å². The minimum Gasteiger partial charge on any atom is -0.493 e. The Morgan fingerprint density at radius 1 is 1.25 bits per heavy atom. The molecule has 0 aliphatic carbocycles. The zero-order chi connectivity index (χ0) is 15.0. The topological polar surface area (TPSA) is 64.8 Å². The number of carbonyl (C=O) groups is 1. The van der Waals surface area contributed by atoms with Gasteiger partial charge in [0.15, 0.2) is 0 Å². The molecule has 0 fully saturated rings. The molecule has 0 bridgehead atoms. The van der Waals surface area contributed by atoms with Crippen molar-refractivity contribution in [2.75, 3.05) is 27.3 Å². The average molecular weight is 280 g/mol. The van der Waals surface area contributed by atoms with E-state index in [2.05, 4.69) is 6.92 Å². The second kappa shape index (κ2) is 8.43. The summed E-state index contributed by atoms with van der Waals surface area (Å²) in [6, 6.07) is 5.61. The van der Waals surface area contributed by atoms with Crippen LogP contribution in [0.4, 0.5) is 0 Å². The van der Waals surface area contributed by atoms with Crippen LogP contribution >= 0.6 is 0 Å². The molecule has 0 aliphatic rings. The molecule has 2 N–H and O–H groups in total. The van der Waals surface area contributed by atoms with E-state index < -0.39 is 0 Å². The minimum absolute atomic E-state index is 0.0395. The molecule has 1 amide bonds. The van der Waals surface area contributed by atoms with Gasteiger partial charge in [0, 0.05) is 32.3 Å². The second-order valence-electron chi connectivity index (χ2n) is 4.71. The number of amides is 1. The van der Waals surface area contributed by atoms with Crippen LogP contribution < -0.4 is 15.2 Å². The highest BCUT2D eigenvalue weighted by Gasteiger charge is 2.08. The minimum atomic E-state index is 0.0395. The summed E-state index contributed by atoms with van der Waals surface area (Å²) in [7, 11) is 3.46. The zero-order valence-electron chi connectivity index (χ0n) is 12.5. The van der Waals surface area contributed by atoms with Gasteiger partial charge in [0.25, 0.3) is 0 Å². The molecule has 1 aromatic rings. The number of benzene rings is 1. The number of hydrogen-bond acceptors (Lipinski definition) is 4. The smallest absolute Gasteiger partial charge is 0.225 e. The Labute approximate surface area is 120 Å². The highest BCUT2D eigenvalue weighted by Crippen LogP contribution is 2.25. The molecule has 0 radical (unpaired) electrons. The fourth-order valence-electron chi connectivity index (χ4n) is 1.62. The fraction of sp³-hybridized carbons (Fsp3) is 0.533. The van der Waals surface area contributed by atoms with Crippen LogP contribution in [-0.2, 0) is 11.3 Å². The quantitative estimate of drug-likeness (QED) is 0.788. The van der Waals surface area contributed by atoms with E-state index in [1.54, 1.807) is 19.0 Å². The van der Waals surface area contributed by atoms with Gasteiger partial charge in [-0.3, -0.25) is 4.79 Å². The van der Waals surface area contributed by atoms with E-state index in [4.69, 9.17) is 15.2 Å². The van der Waals surface area contributed by atoms with Crippen molar-refractivity contribution >= 4 is 5.91 Å². The predicted octanol–water partition coefficient (Wildman–Crippen LogP) is 1.79. The Balaban J connectivity index is 2.63. The molecule has 0 heterocycles. The van der Waals surface area contributed by atoms with Gasteiger partial charge in [-0.2, -0.15) is 0 Å². The van der Waals surface area contributed by atoms with Crippen molar-refractivity contribution in [3.05, 3.63) is 23.8 Å². The van der Waals surface area contributed by atoms with Crippen molar-refractivity contribution in [3.8, 4) is 11.5 Å². The fourth-order valence-corrected chi connectivity index (χ4v) is 1.62. The first kappa shape index (κ1) is 16.3. The Bertz CT molecular complexity index is 433. The molecule has 0 aromatic heterocycles. The third-order valence-corrected chi connectivity index (χ3v) is 2.80.